The highest BCUT2D eigenvalue weighted by Gasteiger charge is 2.30. The summed E-state index contributed by atoms with van der Waals surface area (Å²) in [7, 11) is 0. The van der Waals surface area contributed by atoms with E-state index in [0.29, 0.717) is 13.0 Å². The maximum Gasteiger partial charge on any atom is 0.407 e. The van der Waals surface area contributed by atoms with E-state index < -0.39 is 11.6 Å². The van der Waals surface area contributed by atoms with Gasteiger partial charge < -0.3 is 21.0 Å². The van der Waals surface area contributed by atoms with E-state index in [1.807, 2.05) is 20.8 Å². The standard InChI is InChI=1S/C10H21N3O3/c1-5-10(4,8(11)13-15)12-9(14)16-6-7(2)3/h7,15H,5-6H2,1-4H3,(H2,11,13)(H,12,14). The average molecular weight is 231 g/mol. The second-order valence-electron chi connectivity index (χ2n) is 4.29. The number of oxime groups is 1. The summed E-state index contributed by atoms with van der Waals surface area (Å²) in [6, 6.07) is 0. The third-order valence-corrected chi connectivity index (χ3v) is 2.31. The van der Waals surface area contributed by atoms with Crippen molar-refractivity contribution in [1.29, 1.82) is 0 Å². The molecule has 0 heterocycles. The highest BCUT2D eigenvalue weighted by molar-refractivity contribution is 5.92. The smallest absolute Gasteiger partial charge is 0.407 e. The molecule has 0 aliphatic heterocycles. The van der Waals surface area contributed by atoms with Crippen molar-refractivity contribution >= 4 is 11.9 Å². The summed E-state index contributed by atoms with van der Waals surface area (Å²) >= 11 is 0. The first kappa shape index (κ1) is 14.5. The largest absolute Gasteiger partial charge is 0.449 e. The SMILES string of the molecule is CCC(C)(NC(=O)OCC(C)C)/C(N)=N/O. The van der Waals surface area contributed by atoms with E-state index in [2.05, 4.69) is 10.5 Å². The van der Waals surface area contributed by atoms with Gasteiger partial charge in [0.1, 0.15) is 5.54 Å². The van der Waals surface area contributed by atoms with Crippen LogP contribution in [0.5, 0.6) is 0 Å². The Morgan fingerprint density at radius 3 is 2.56 bits per heavy atom. The van der Waals surface area contributed by atoms with Crippen LogP contribution < -0.4 is 11.1 Å². The van der Waals surface area contributed by atoms with Gasteiger partial charge in [-0.3, -0.25) is 0 Å². The van der Waals surface area contributed by atoms with Crippen molar-refractivity contribution in [3.05, 3.63) is 0 Å². The summed E-state index contributed by atoms with van der Waals surface area (Å²) in [5.74, 6) is 0.221. The highest BCUT2D eigenvalue weighted by Crippen LogP contribution is 2.09. The molecule has 0 rings (SSSR count). The molecule has 0 aliphatic carbocycles. The Morgan fingerprint density at radius 2 is 2.19 bits per heavy atom. The summed E-state index contributed by atoms with van der Waals surface area (Å²) in [6.07, 6.45) is -0.0655. The Morgan fingerprint density at radius 1 is 1.62 bits per heavy atom. The number of rotatable bonds is 5. The zero-order chi connectivity index (χ0) is 12.8. The Balaban J connectivity index is 4.38. The van der Waals surface area contributed by atoms with Crippen molar-refractivity contribution in [3.8, 4) is 0 Å². The summed E-state index contributed by atoms with van der Waals surface area (Å²) in [5.41, 5.74) is 4.61. The lowest BCUT2D eigenvalue weighted by Crippen LogP contribution is -2.55. The molecule has 4 N–H and O–H groups in total. The second-order valence-corrected chi connectivity index (χ2v) is 4.29. The molecule has 0 saturated heterocycles. The molecule has 6 heteroatoms. The third kappa shape index (κ3) is 4.37. The van der Waals surface area contributed by atoms with E-state index in [9.17, 15) is 4.79 Å². The first-order valence-electron chi connectivity index (χ1n) is 5.28. The van der Waals surface area contributed by atoms with E-state index in [1.54, 1.807) is 6.92 Å². The molecule has 6 nitrogen and oxygen atoms in total. The number of carbonyl (C=O) groups is 1. The number of nitrogens with one attached hydrogen (secondary N) is 1. The van der Waals surface area contributed by atoms with Crippen LogP contribution in [0.3, 0.4) is 0 Å². The molecule has 0 saturated carbocycles. The van der Waals surface area contributed by atoms with Gasteiger partial charge in [-0.2, -0.15) is 0 Å². The van der Waals surface area contributed by atoms with Gasteiger partial charge in [-0.1, -0.05) is 25.9 Å². The van der Waals surface area contributed by atoms with Crippen molar-refractivity contribution in [2.75, 3.05) is 6.61 Å². The number of alkyl carbamates (subject to hydrolysis) is 1. The van der Waals surface area contributed by atoms with Crippen molar-refractivity contribution in [3.63, 3.8) is 0 Å². The van der Waals surface area contributed by atoms with Crippen LogP contribution in [0.25, 0.3) is 0 Å². The van der Waals surface area contributed by atoms with Crippen LogP contribution in [-0.2, 0) is 4.74 Å². The third-order valence-electron chi connectivity index (χ3n) is 2.31. The molecule has 94 valence electrons. The van der Waals surface area contributed by atoms with Crippen molar-refractivity contribution in [2.24, 2.45) is 16.8 Å². The van der Waals surface area contributed by atoms with E-state index in [4.69, 9.17) is 15.7 Å². The predicted molar refractivity (Wildman–Crippen MR) is 61.4 cm³/mol. The minimum Gasteiger partial charge on any atom is -0.449 e. The van der Waals surface area contributed by atoms with Gasteiger partial charge >= 0.3 is 6.09 Å². The van der Waals surface area contributed by atoms with Gasteiger partial charge in [0.15, 0.2) is 5.84 Å². The van der Waals surface area contributed by atoms with Crippen LogP contribution in [0.4, 0.5) is 4.79 Å². The Kier molecular flexibility index (Phi) is 5.63. The molecular weight excluding hydrogens is 210 g/mol. The Bertz CT molecular complexity index is 266. The lowest BCUT2D eigenvalue weighted by molar-refractivity contribution is 0.126. The fourth-order valence-corrected chi connectivity index (χ4v) is 0.948. The van der Waals surface area contributed by atoms with Gasteiger partial charge in [-0.05, 0) is 19.3 Å². The molecule has 0 aromatic carbocycles. The monoisotopic (exact) mass is 231 g/mol. The first-order chi connectivity index (χ1) is 7.35. The van der Waals surface area contributed by atoms with Gasteiger partial charge in [-0.25, -0.2) is 4.79 Å². The number of hydrogen-bond acceptors (Lipinski definition) is 4. The molecule has 0 aliphatic rings. The topological polar surface area (TPSA) is 96.9 Å². The minimum atomic E-state index is -0.886. The fraction of sp³-hybridized carbons (Fsp3) is 0.800. The van der Waals surface area contributed by atoms with E-state index >= 15 is 0 Å². The molecule has 0 aromatic heterocycles. The van der Waals surface area contributed by atoms with Crippen LogP contribution in [0.15, 0.2) is 5.16 Å². The molecule has 0 spiro atoms. The van der Waals surface area contributed by atoms with Crippen LogP contribution in [0.2, 0.25) is 0 Å². The van der Waals surface area contributed by atoms with Gasteiger partial charge in [0, 0.05) is 0 Å². The normalized spacial score (nSPS) is 15.7. The number of amides is 1. The maximum absolute atomic E-state index is 11.4. The molecule has 1 unspecified atom stereocenters. The van der Waals surface area contributed by atoms with E-state index in [1.165, 1.54) is 0 Å². The molecule has 0 bridgehead atoms. The summed E-state index contributed by atoms with van der Waals surface area (Å²) in [5, 5.41) is 14.1. The lowest BCUT2D eigenvalue weighted by Gasteiger charge is -2.27. The Labute approximate surface area is 95.8 Å². The van der Waals surface area contributed by atoms with Crippen LogP contribution in [0.1, 0.15) is 34.1 Å². The van der Waals surface area contributed by atoms with Crippen LogP contribution >= 0.6 is 0 Å². The van der Waals surface area contributed by atoms with Crippen molar-refractivity contribution in [2.45, 2.75) is 39.7 Å². The summed E-state index contributed by atoms with van der Waals surface area (Å²) in [6.45, 7) is 7.70. The predicted octanol–water partition coefficient (Wildman–Crippen LogP) is 1.28. The number of amidine groups is 1. The Hall–Kier alpha value is -1.46. The number of nitrogens with zero attached hydrogens (tertiary/aromatic N) is 1. The first-order valence-corrected chi connectivity index (χ1v) is 5.28. The van der Waals surface area contributed by atoms with Gasteiger partial charge in [-0.15, -0.1) is 0 Å². The zero-order valence-electron chi connectivity index (χ0n) is 10.3. The molecule has 0 aromatic rings. The van der Waals surface area contributed by atoms with Crippen LogP contribution in [0, 0.1) is 5.92 Å². The molecule has 1 amide bonds. The quantitative estimate of drug-likeness (QED) is 0.287. The number of ether oxygens (including phenoxy) is 1. The molecular formula is C10H21N3O3. The number of carbonyl (C=O) groups excluding carboxylic acids is 1. The maximum atomic E-state index is 11.4. The van der Waals surface area contributed by atoms with Crippen molar-refractivity contribution in [1.82, 2.24) is 5.32 Å². The highest BCUT2D eigenvalue weighted by atomic mass is 16.5. The van der Waals surface area contributed by atoms with Gasteiger partial charge in [0.2, 0.25) is 0 Å². The number of hydrogen-bond donors (Lipinski definition) is 3. The average Bonchev–Trinajstić information content (AvgIpc) is 2.24. The van der Waals surface area contributed by atoms with E-state index in [0.717, 1.165) is 0 Å². The fourth-order valence-electron chi connectivity index (χ4n) is 0.948. The molecule has 0 radical (unpaired) electrons. The van der Waals surface area contributed by atoms with Crippen LogP contribution in [-0.4, -0.2) is 29.3 Å². The van der Waals surface area contributed by atoms with Gasteiger partial charge in [0.05, 0.1) is 6.61 Å². The zero-order valence-corrected chi connectivity index (χ0v) is 10.3. The van der Waals surface area contributed by atoms with Gasteiger partial charge in [0.25, 0.3) is 0 Å². The molecule has 0 fully saturated rings. The van der Waals surface area contributed by atoms with E-state index in [-0.39, 0.29) is 11.8 Å². The molecule has 16 heavy (non-hydrogen) atoms. The summed E-state index contributed by atoms with van der Waals surface area (Å²) in [4.78, 5) is 11.4. The summed E-state index contributed by atoms with van der Waals surface area (Å²) < 4.78 is 4.95. The van der Waals surface area contributed by atoms with Crippen molar-refractivity contribution < 1.29 is 14.7 Å². The minimum absolute atomic E-state index is 0.0449. The second kappa shape index (κ2) is 6.19. The number of nitrogens with two attached hydrogens (primary N) is 1. The lowest BCUT2D eigenvalue weighted by atomic mass is 9.98. The molecule has 1 atom stereocenters.